The van der Waals surface area contributed by atoms with Crippen molar-refractivity contribution in [1.82, 2.24) is 10.6 Å². The van der Waals surface area contributed by atoms with E-state index in [0.717, 1.165) is 30.6 Å². The fourth-order valence-electron chi connectivity index (χ4n) is 3.46. The molecule has 1 fully saturated rings. The van der Waals surface area contributed by atoms with E-state index < -0.39 is 0 Å². The zero-order valence-electron chi connectivity index (χ0n) is 13.9. The third kappa shape index (κ3) is 3.80. The van der Waals surface area contributed by atoms with Gasteiger partial charge in [-0.15, -0.1) is 0 Å². The monoisotopic (exact) mass is 332 g/mol. The second-order valence-electron chi connectivity index (χ2n) is 6.30. The van der Waals surface area contributed by atoms with Gasteiger partial charge in [-0.25, -0.2) is 4.79 Å². The highest BCUT2D eigenvalue weighted by Crippen LogP contribution is 2.31. The minimum Gasteiger partial charge on any atom is -0.493 e. The number of esters is 1. The van der Waals surface area contributed by atoms with E-state index in [-0.39, 0.29) is 30.0 Å². The minimum absolute atomic E-state index is 0.0227. The van der Waals surface area contributed by atoms with Gasteiger partial charge in [-0.3, -0.25) is 4.79 Å². The lowest BCUT2D eigenvalue weighted by atomic mass is 10.0. The average molecular weight is 332 g/mol. The minimum atomic E-state index is -0.189. The SMILES string of the molecule is CCOC(=O)[C@@H]1CC[C@H](NC(=O)N[C@H]2CCOc3ccccc32)C1. The molecule has 0 unspecified atom stereocenters. The Bertz CT molecular complexity index is 604. The van der Waals surface area contributed by atoms with Crippen LogP contribution in [0.25, 0.3) is 0 Å². The summed E-state index contributed by atoms with van der Waals surface area (Å²) in [7, 11) is 0. The van der Waals surface area contributed by atoms with E-state index in [4.69, 9.17) is 9.47 Å². The molecule has 1 heterocycles. The Hall–Kier alpha value is -2.24. The molecule has 2 aliphatic rings. The maximum absolute atomic E-state index is 12.3. The number of hydrogen-bond acceptors (Lipinski definition) is 4. The van der Waals surface area contributed by atoms with Crippen LogP contribution in [0.15, 0.2) is 24.3 Å². The zero-order valence-corrected chi connectivity index (χ0v) is 13.9. The van der Waals surface area contributed by atoms with Crippen LogP contribution in [0.4, 0.5) is 4.79 Å². The van der Waals surface area contributed by atoms with Crippen molar-refractivity contribution in [1.29, 1.82) is 0 Å². The number of rotatable bonds is 4. The first-order chi connectivity index (χ1) is 11.7. The third-order valence-corrected chi connectivity index (χ3v) is 4.65. The fraction of sp³-hybridized carbons (Fsp3) is 0.556. The van der Waals surface area contributed by atoms with Crippen molar-refractivity contribution in [3.63, 3.8) is 0 Å². The van der Waals surface area contributed by atoms with Crippen LogP contribution in [0.1, 0.15) is 44.2 Å². The van der Waals surface area contributed by atoms with E-state index in [2.05, 4.69) is 10.6 Å². The van der Waals surface area contributed by atoms with Crippen LogP contribution in [0.2, 0.25) is 0 Å². The van der Waals surface area contributed by atoms with Crippen LogP contribution in [0, 0.1) is 5.92 Å². The molecule has 0 saturated heterocycles. The normalized spacial score (nSPS) is 25.3. The van der Waals surface area contributed by atoms with Gasteiger partial charge in [-0.1, -0.05) is 18.2 Å². The summed E-state index contributed by atoms with van der Waals surface area (Å²) in [6.45, 7) is 2.80. The molecule has 24 heavy (non-hydrogen) atoms. The lowest BCUT2D eigenvalue weighted by Gasteiger charge is -2.27. The predicted molar refractivity (Wildman–Crippen MR) is 88.7 cm³/mol. The summed E-state index contributed by atoms with van der Waals surface area (Å²) in [6.07, 6.45) is 2.97. The molecule has 2 N–H and O–H groups in total. The van der Waals surface area contributed by atoms with E-state index in [1.54, 1.807) is 0 Å². The van der Waals surface area contributed by atoms with Crippen LogP contribution in [0.3, 0.4) is 0 Å². The van der Waals surface area contributed by atoms with Gasteiger partial charge in [-0.05, 0) is 32.3 Å². The summed E-state index contributed by atoms with van der Waals surface area (Å²) in [4.78, 5) is 24.1. The molecule has 1 aromatic rings. The first kappa shape index (κ1) is 16.6. The largest absolute Gasteiger partial charge is 0.493 e. The van der Waals surface area contributed by atoms with E-state index in [1.165, 1.54) is 0 Å². The van der Waals surface area contributed by atoms with Gasteiger partial charge in [0.2, 0.25) is 0 Å². The second kappa shape index (κ2) is 7.55. The van der Waals surface area contributed by atoms with Crippen molar-refractivity contribution >= 4 is 12.0 Å². The van der Waals surface area contributed by atoms with Gasteiger partial charge in [-0.2, -0.15) is 0 Å². The topological polar surface area (TPSA) is 76.7 Å². The molecule has 0 bridgehead atoms. The summed E-state index contributed by atoms with van der Waals surface area (Å²) in [5.74, 6) is 0.580. The Balaban J connectivity index is 1.51. The van der Waals surface area contributed by atoms with Gasteiger partial charge in [0.15, 0.2) is 0 Å². The molecule has 3 rings (SSSR count). The third-order valence-electron chi connectivity index (χ3n) is 4.65. The number of fused-ring (bicyclic) bond motifs is 1. The Morgan fingerprint density at radius 1 is 1.21 bits per heavy atom. The number of ether oxygens (including phenoxy) is 2. The molecule has 1 saturated carbocycles. The Labute approximate surface area is 141 Å². The molecule has 1 aromatic carbocycles. The first-order valence-corrected chi connectivity index (χ1v) is 8.62. The van der Waals surface area contributed by atoms with Gasteiger partial charge >= 0.3 is 12.0 Å². The summed E-state index contributed by atoms with van der Waals surface area (Å²) < 4.78 is 10.7. The maximum atomic E-state index is 12.3. The molecular weight excluding hydrogens is 308 g/mol. The summed E-state index contributed by atoms with van der Waals surface area (Å²) in [5, 5.41) is 6.01. The van der Waals surface area contributed by atoms with Crippen LogP contribution < -0.4 is 15.4 Å². The van der Waals surface area contributed by atoms with Crippen molar-refractivity contribution in [3.05, 3.63) is 29.8 Å². The summed E-state index contributed by atoms with van der Waals surface area (Å²) >= 11 is 0. The highest BCUT2D eigenvalue weighted by molar-refractivity contribution is 5.76. The van der Waals surface area contributed by atoms with Gasteiger partial charge in [0.05, 0.1) is 25.2 Å². The van der Waals surface area contributed by atoms with Crippen molar-refractivity contribution in [2.75, 3.05) is 13.2 Å². The molecule has 6 heteroatoms. The van der Waals surface area contributed by atoms with Crippen molar-refractivity contribution in [2.24, 2.45) is 5.92 Å². The van der Waals surface area contributed by atoms with Gasteiger partial charge in [0.1, 0.15) is 5.75 Å². The Morgan fingerprint density at radius 3 is 2.88 bits per heavy atom. The quantitative estimate of drug-likeness (QED) is 0.831. The number of benzene rings is 1. The average Bonchev–Trinajstić information content (AvgIpc) is 3.04. The van der Waals surface area contributed by atoms with Crippen LogP contribution in [-0.2, 0) is 9.53 Å². The molecule has 3 atom stereocenters. The number of carbonyl (C=O) groups excluding carboxylic acids is 2. The number of amides is 2. The van der Waals surface area contributed by atoms with Gasteiger partial charge in [0.25, 0.3) is 0 Å². The second-order valence-corrected chi connectivity index (χ2v) is 6.30. The first-order valence-electron chi connectivity index (χ1n) is 8.62. The van der Waals surface area contributed by atoms with E-state index in [9.17, 15) is 9.59 Å². The van der Waals surface area contributed by atoms with Crippen LogP contribution >= 0.6 is 0 Å². The molecule has 130 valence electrons. The smallest absolute Gasteiger partial charge is 0.315 e. The molecule has 0 spiro atoms. The summed E-state index contributed by atoms with van der Waals surface area (Å²) in [6, 6.07) is 7.56. The number of hydrogen-bond donors (Lipinski definition) is 2. The fourth-order valence-corrected chi connectivity index (χ4v) is 3.46. The van der Waals surface area contributed by atoms with Gasteiger partial charge < -0.3 is 20.1 Å². The number of para-hydroxylation sites is 1. The molecule has 2 amide bonds. The van der Waals surface area contributed by atoms with E-state index in [0.29, 0.717) is 19.6 Å². The molecule has 1 aliphatic heterocycles. The highest BCUT2D eigenvalue weighted by Gasteiger charge is 2.32. The van der Waals surface area contributed by atoms with E-state index in [1.807, 2.05) is 31.2 Å². The molecule has 0 aromatic heterocycles. The van der Waals surface area contributed by atoms with Crippen molar-refractivity contribution in [3.8, 4) is 5.75 Å². The molecule has 0 radical (unpaired) electrons. The number of carbonyl (C=O) groups is 2. The molecular formula is C18H24N2O4. The summed E-state index contributed by atoms with van der Waals surface area (Å²) in [5.41, 5.74) is 1.01. The number of urea groups is 1. The van der Waals surface area contributed by atoms with Crippen molar-refractivity contribution < 1.29 is 19.1 Å². The highest BCUT2D eigenvalue weighted by atomic mass is 16.5. The van der Waals surface area contributed by atoms with Gasteiger partial charge in [0, 0.05) is 18.0 Å². The number of nitrogens with one attached hydrogen (secondary N) is 2. The van der Waals surface area contributed by atoms with Crippen LogP contribution in [-0.4, -0.2) is 31.3 Å². The molecule has 1 aliphatic carbocycles. The predicted octanol–water partition coefficient (Wildman–Crippen LogP) is 2.54. The Morgan fingerprint density at radius 2 is 2.04 bits per heavy atom. The van der Waals surface area contributed by atoms with E-state index >= 15 is 0 Å². The standard InChI is InChI=1S/C18H24N2O4/c1-2-23-17(21)12-7-8-13(11-12)19-18(22)20-15-9-10-24-16-6-4-3-5-14(15)16/h3-6,12-13,15H,2,7-11H2,1H3,(H2,19,20,22)/t12-,13+,15+/m1/s1. The van der Waals surface area contributed by atoms with Crippen molar-refractivity contribution in [2.45, 2.75) is 44.7 Å². The lowest BCUT2D eigenvalue weighted by molar-refractivity contribution is -0.147. The molecule has 6 nitrogen and oxygen atoms in total. The zero-order chi connectivity index (χ0) is 16.9. The Kier molecular flexibility index (Phi) is 5.23. The lowest BCUT2D eigenvalue weighted by Crippen LogP contribution is -2.43. The maximum Gasteiger partial charge on any atom is 0.315 e. The van der Waals surface area contributed by atoms with Crippen LogP contribution in [0.5, 0.6) is 5.75 Å².